The summed E-state index contributed by atoms with van der Waals surface area (Å²) in [6.07, 6.45) is 2.49. The molecule has 2 unspecified atom stereocenters. The number of rotatable bonds is 10. The summed E-state index contributed by atoms with van der Waals surface area (Å²) >= 11 is 0. The van der Waals surface area contributed by atoms with Gasteiger partial charge in [-0.1, -0.05) is 83.1 Å². The van der Waals surface area contributed by atoms with Crippen molar-refractivity contribution in [2.45, 2.75) is 98.2 Å². The van der Waals surface area contributed by atoms with Crippen molar-refractivity contribution < 1.29 is 9.59 Å². The van der Waals surface area contributed by atoms with Gasteiger partial charge in [0.2, 0.25) is 11.8 Å². The van der Waals surface area contributed by atoms with Gasteiger partial charge in [-0.2, -0.15) is 0 Å². The number of carbonyl (C=O) groups excluding carboxylic acids is 2. The Morgan fingerprint density at radius 1 is 0.970 bits per heavy atom. The summed E-state index contributed by atoms with van der Waals surface area (Å²) in [4.78, 5) is 28.3. The van der Waals surface area contributed by atoms with Crippen molar-refractivity contribution in [3.05, 3.63) is 70.8 Å². The Bertz CT molecular complexity index is 912. The number of carbonyl (C=O) groups is 2. The summed E-state index contributed by atoms with van der Waals surface area (Å²) in [5.41, 5.74) is 4.74. The van der Waals surface area contributed by atoms with Gasteiger partial charge in [0.05, 0.1) is 0 Å². The molecule has 0 aliphatic heterocycles. The van der Waals surface area contributed by atoms with Gasteiger partial charge in [0.1, 0.15) is 6.04 Å². The molecule has 2 amide bonds. The predicted octanol–water partition coefficient (Wildman–Crippen LogP) is 5.95. The van der Waals surface area contributed by atoms with Crippen LogP contribution in [0.25, 0.3) is 0 Å². The first-order chi connectivity index (χ1) is 15.6. The second kappa shape index (κ2) is 12.0. The summed E-state index contributed by atoms with van der Waals surface area (Å²) < 4.78 is 0. The van der Waals surface area contributed by atoms with Crippen LogP contribution < -0.4 is 5.32 Å². The van der Waals surface area contributed by atoms with E-state index in [0.717, 1.165) is 23.1 Å². The molecule has 0 radical (unpaired) electrons. The van der Waals surface area contributed by atoms with E-state index in [1.807, 2.05) is 39.0 Å². The molecule has 4 nitrogen and oxygen atoms in total. The summed E-state index contributed by atoms with van der Waals surface area (Å²) in [6.45, 7) is 15.1. The lowest BCUT2D eigenvalue weighted by atomic mass is 9.86. The van der Waals surface area contributed by atoms with Crippen LogP contribution >= 0.6 is 0 Å². The molecular weight excluding hydrogens is 408 g/mol. The van der Waals surface area contributed by atoms with Crippen LogP contribution in [-0.2, 0) is 28.0 Å². The van der Waals surface area contributed by atoms with Gasteiger partial charge in [0, 0.05) is 19.0 Å². The van der Waals surface area contributed by atoms with Crippen molar-refractivity contribution in [2.75, 3.05) is 0 Å². The van der Waals surface area contributed by atoms with E-state index in [-0.39, 0.29) is 23.3 Å². The van der Waals surface area contributed by atoms with E-state index >= 15 is 0 Å². The van der Waals surface area contributed by atoms with Crippen LogP contribution in [0.15, 0.2) is 48.5 Å². The Kier molecular flexibility index (Phi) is 9.70. The third kappa shape index (κ3) is 7.73. The molecule has 0 aliphatic rings. The molecule has 2 rings (SSSR count). The number of benzene rings is 2. The molecule has 1 N–H and O–H groups in total. The zero-order valence-electron chi connectivity index (χ0n) is 21.6. The summed E-state index contributed by atoms with van der Waals surface area (Å²) in [7, 11) is 0. The van der Waals surface area contributed by atoms with E-state index < -0.39 is 6.04 Å². The van der Waals surface area contributed by atoms with Gasteiger partial charge in [-0.15, -0.1) is 0 Å². The molecule has 0 spiro atoms. The average Bonchev–Trinajstić information content (AvgIpc) is 2.78. The maximum Gasteiger partial charge on any atom is 0.243 e. The molecule has 0 fully saturated rings. The van der Waals surface area contributed by atoms with Gasteiger partial charge < -0.3 is 10.2 Å². The van der Waals surface area contributed by atoms with Gasteiger partial charge in [-0.3, -0.25) is 9.59 Å². The normalized spacial score (nSPS) is 13.3. The Balaban J connectivity index is 2.21. The molecule has 0 saturated heterocycles. The molecule has 0 heterocycles. The molecule has 2 atom stereocenters. The van der Waals surface area contributed by atoms with Crippen LogP contribution in [0.1, 0.15) is 83.1 Å². The molecule has 180 valence electrons. The Morgan fingerprint density at radius 3 is 2.15 bits per heavy atom. The summed E-state index contributed by atoms with van der Waals surface area (Å²) in [6, 6.07) is 16.2. The van der Waals surface area contributed by atoms with Gasteiger partial charge in [-0.05, 0) is 60.8 Å². The van der Waals surface area contributed by atoms with Crippen LogP contribution in [-0.4, -0.2) is 28.8 Å². The fourth-order valence-electron chi connectivity index (χ4n) is 3.90. The zero-order valence-corrected chi connectivity index (χ0v) is 21.6. The van der Waals surface area contributed by atoms with Gasteiger partial charge in [0.15, 0.2) is 0 Å². The first-order valence-corrected chi connectivity index (χ1v) is 12.3. The number of hydrogen-bond acceptors (Lipinski definition) is 2. The summed E-state index contributed by atoms with van der Waals surface area (Å²) in [5.74, 6) is -0.0485. The topological polar surface area (TPSA) is 49.4 Å². The van der Waals surface area contributed by atoms with Crippen LogP contribution in [0.5, 0.6) is 0 Å². The second-order valence-corrected chi connectivity index (χ2v) is 10.1. The van der Waals surface area contributed by atoms with Gasteiger partial charge in [-0.25, -0.2) is 0 Å². The summed E-state index contributed by atoms with van der Waals surface area (Å²) in [5, 5.41) is 3.08. The highest BCUT2D eigenvalue weighted by molar-refractivity contribution is 5.88. The number of amides is 2. The fraction of sp³-hybridized carbons (Fsp3) is 0.517. The molecule has 0 aromatic heterocycles. The minimum Gasteiger partial charge on any atom is -0.352 e. The van der Waals surface area contributed by atoms with Gasteiger partial charge >= 0.3 is 0 Å². The lowest BCUT2D eigenvalue weighted by Gasteiger charge is -2.32. The molecule has 0 bridgehead atoms. The number of hydrogen-bond donors (Lipinski definition) is 1. The zero-order chi connectivity index (χ0) is 24.6. The highest BCUT2D eigenvalue weighted by atomic mass is 16.2. The monoisotopic (exact) mass is 450 g/mol. The quantitative estimate of drug-likeness (QED) is 0.486. The lowest BCUT2D eigenvalue weighted by molar-refractivity contribution is -0.141. The highest BCUT2D eigenvalue weighted by Crippen LogP contribution is 2.23. The van der Waals surface area contributed by atoms with E-state index in [1.165, 1.54) is 5.56 Å². The maximum absolute atomic E-state index is 13.5. The third-order valence-corrected chi connectivity index (χ3v) is 6.44. The minimum atomic E-state index is -0.477. The lowest BCUT2D eigenvalue weighted by Crippen LogP contribution is -2.50. The largest absolute Gasteiger partial charge is 0.352 e. The van der Waals surface area contributed by atoms with Crippen molar-refractivity contribution in [3.8, 4) is 0 Å². The number of aryl methyl sites for hydroxylation is 2. The maximum atomic E-state index is 13.5. The Labute approximate surface area is 200 Å². The predicted molar refractivity (Wildman–Crippen MR) is 137 cm³/mol. The fourth-order valence-corrected chi connectivity index (χ4v) is 3.90. The smallest absolute Gasteiger partial charge is 0.243 e. The molecule has 2 aromatic carbocycles. The number of nitrogens with one attached hydrogen (secondary N) is 1. The minimum absolute atomic E-state index is 0.0179. The van der Waals surface area contributed by atoms with Crippen LogP contribution in [0.4, 0.5) is 0 Å². The second-order valence-electron chi connectivity index (χ2n) is 10.1. The first-order valence-electron chi connectivity index (χ1n) is 12.3. The van der Waals surface area contributed by atoms with Crippen LogP contribution in [0, 0.1) is 6.92 Å². The molecule has 4 heteroatoms. The van der Waals surface area contributed by atoms with E-state index in [2.05, 4.69) is 63.3 Å². The van der Waals surface area contributed by atoms with E-state index in [0.29, 0.717) is 25.8 Å². The number of nitrogens with zero attached hydrogens (tertiary/aromatic N) is 1. The highest BCUT2D eigenvalue weighted by Gasteiger charge is 2.29. The Hall–Kier alpha value is -2.62. The molecule has 0 aliphatic carbocycles. The molecule has 2 aromatic rings. The van der Waals surface area contributed by atoms with Crippen molar-refractivity contribution in [3.63, 3.8) is 0 Å². The first kappa shape index (κ1) is 26.6. The van der Waals surface area contributed by atoms with E-state index in [9.17, 15) is 9.59 Å². The van der Waals surface area contributed by atoms with E-state index in [4.69, 9.17) is 0 Å². The van der Waals surface area contributed by atoms with Crippen LogP contribution in [0.2, 0.25) is 0 Å². The third-order valence-electron chi connectivity index (χ3n) is 6.44. The Morgan fingerprint density at radius 2 is 1.61 bits per heavy atom. The SMILES string of the molecule is CCC(C)NC(=O)C(CC)N(Cc1ccccc1C)C(=O)CCc1ccc(C(C)(C)C)cc1. The van der Waals surface area contributed by atoms with E-state index in [1.54, 1.807) is 4.90 Å². The average molecular weight is 451 g/mol. The standard InChI is InChI=1S/C29H42N2O2/c1-8-22(4)30-28(33)26(9-2)31(20-24-13-11-10-12-21(24)3)27(32)19-16-23-14-17-25(18-15-23)29(5,6)7/h10-15,17-18,22,26H,8-9,16,19-20H2,1-7H3,(H,30,33). The molecule has 0 saturated carbocycles. The van der Waals surface area contributed by atoms with Gasteiger partial charge in [0.25, 0.3) is 0 Å². The van der Waals surface area contributed by atoms with Crippen molar-refractivity contribution in [1.82, 2.24) is 10.2 Å². The molecule has 33 heavy (non-hydrogen) atoms. The van der Waals surface area contributed by atoms with Crippen molar-refractivity contribution in [2.24, 2.45) is 0 Å². The molecular formula is C29H42N2O2. The van der Waals surface area contributed by atoms with Crippen LogP contribution in [0.3, 0.4) is 0 Å². The van der Waals surface area contributed by atoms with Crippen molar-refractivity contribution >= 4 is 11.8 Å². The van der Waals surface area contributed by atoms with Crippen molar-refractivity contribution in [1.29, 1.82) is 0 Å².